The Bertz CT molecular complexity index is 1250. The molecule has 1 nitrogen and oxygen atoms in total. The number of rotatable bonds is 1. The van der Waals surface area contributed by atoms with Crippen molar-refractivity contribution in [1.29, 1.82) is 0 Å². The molecule has 0 saturated carbocycles. The first-order valence-electron chi connectivity index (χ1n) is 8.32. The second-order valence-corrected chi connectivity index (χ2v) is 7.28. The topological polar surface area (TPSA) is 26.0 Å². The summed E-state index contributed by atoms with van der Waals surface area (Å²) in [5.74, 6) is 0. The maximum atomic E-state index is 6.61. The van der Waals surface area contributed by atoms with Crippen molar-refractivity contribution >= 4 is 58.7 Å². The Balaban J connectivity index is 2.12. The number of anilines is 1. The molecule has 0 amide bonds. The Hall–Kier alpha value is -2.58. The van der Waals surface area contributed by atoms with Crippen LogP contribution in [0.5, 0.6) is 0 Å². The summed E-state index contributed by atoms with van der Waals surface area (Å²) in [5.41, 5.74) is 8.84. The quantitative estimate of drug-likeness (QED) is 0.349. The predicted octanol–water partition coefficient (Wildman–Crippen LogP) is 6.51. The summed E-state index contributed by atoms with van der Waals surface area (Å²) in [6.07, 6.45) is 0.956. The van der Waals surface area contributed by atoms with Crippen molar-refractivity contribution in [3.63, 3.8) is 0 Å². The van der Waals surface area contributed by atoms with E-state index in [1.165, 1.54) is 47.3 Å². The first-order chi connectivity index (χ1) is 11.8. The predicted molar refractivity (Wildman–Crippen MR) is 108 cm³/mol. The van der Waals surface area contributed by atoms with Gasteiger partial charge in [-0.25, -0.2) is 0 Å². The fourth-order valence-corrected chi connectivity index (χ4v) is 5.24. The normalized spacial score (nSPS) is 11.9. The maximum Gasteiger partial charge on any atom is 0.0594 e. The number of benzene rings is 4. The van der Waals surface area contributed by atoms with E-state index in [0.29, 0.717) is 0 Å². The zero-order valence-electron chi connectivity index (χ0n) is 13.5. The van der Waals surface area contributed by atoms with Crippen molar-refractivity contribution in [2.24, 2.45) is 0 Å². The molecule has 0 aliphatic rings. The van der Waals surface area contributed by atoms with Gasteiger partial charge >= 0.3 is 0 Å². The van der Waals surface area contributed by atoms with E-state index < -0.39 is 0 Å². The van der Waals surface area contributed by atoms with Gasteiger partial charge in [-0.2, -0.15) is 0 Å². The summed E-state index contributed by atoms with van der Waals surface area (Å²) in [4.78, 5) is 0. The second-order valence-electron chi connectivity index (χ2n) is 6.26. The van der Waals surface area contributed by atoms with E-state index in [4.69, 9.17) is 5.73 Å². The highest BCUT2D eigenvalue weighted by molar-refractivity contribution is 7.27. The van der Waals surface area contributed by atoms with Crippen LogP contribution in [0.3, 0.4) is 0 Å². The van der Waals surface area contributed by atoms with Gasteiger partial charge < -0.3 is 5.73 Å². The van der Waals surface area contributed by atoms with Crippen molar-refractivity contribution < 1.29 is 0 Å². The second kappa shape index (κ2) is 4.96. The van der Waals surface area contributed by atoms with Crippen LogP contribution in [0.1, 0.15) is 12.5 Å². The minimum absolute atomic E-state index is 0.955. The van der Waals surface area contributed by atoms with Gasteiger partial charge in [-0.05, 0) is 33.5 Å². The molecular weight excluding hydrogens is 310 g/mol. The Morgan fingerprint density at radius 3 is 2.25 bits per heavy atom. The highest BCUT2D eigenvalue weighted by Crippen LogP contribution is 2.46. The highest BCUT2D eigenvalue weighted by atomic mass is 32.1. The van der Waals surface area contributed by atoms with Crippen LogP contribution in [0.2, 0.25) is 0 Å². The number of fused-ring (bicyclic) bond motifs is 7. The summed E-state index contributed by atoms with van der Waals surface area (Å²) >= 11 is 1.84. The van der Waals surface area contributed by atoms with Gasteiger partial charge in [0.1, 0.15) is 0 Å². The van der Waals surface area contributed by atoms with E-state index in [1.54, 1.807) is 0 Å². The van der Waals surface area contributed by atoms with Crippen LogP contribution in [0.15, 0.2) is 60.7 Å². The first kappa shape index (κ1) is 13.8. The Morgan fingerprint density at radius 1 is 0.750 bits per heavy atom. The molecule has 0 fully saturated rings. The minimum Gasteiger partial charge on any atom is -0.397 e. The monoisotopic (exact) mass is 327 g/mol. The molecule has 24 heavy (non-hydrogen) atoms. The van der Waals surface area contributed by atoms with E-state index in [9.17, 15) is 0 Å². The van der Waals surface area contributed by atoms with Crippen molar-refractivity contribution in [3.05, 3.63) is 66.2 Å². The van der Waals surface area contributed by atoms with Crippen LogP contribution in [0.25, 0.3) is 41.7 Å². The SMILES string of the molecule is CCc1c(N)c2sc3c4ccccc4ccc3c2c2ccccc12. The molecule has 0 aliphatic carbocycles. The third-order valence-corrected chi connectivity index (χ3v) is 6.30. The molecule has 0 saturated heterocycles. The molecule has 4 aromatic carbocycles. The zero-order chi connectivity index (χ0) is 16.3. The lowest BCUT2D eigenvalue weighted by Gasteiger charge is -2.10. The molecule has 5 aromatic rings. The lowest BCUT2D eigenvalue weighted by atomic mass is 9.96. The summed E-state index contributed by atoms with van der Waals surface area (Å²) in [6.45, 7) is 2.19. The maximum absolute atomic E-state index is 6.61. The smallest absolute Gasteiger partial charge is 0.0594 e. The van der Waals surface area contributed by atoms with Gasteiger partial charge in [0.15, 0.2) is 0 Å². The minimum atomic E-state index is 0.955. The molecule has 0 aliphatic heterocycles. The summed E-state index contributed by atoms with van der Waals surface area (Å²) in [6, 6.07) is 21.8. The fraction of sp³-hybridized carbons (Fsp3) is 0.0909. The number of hydrogen-bond donors (Lipinski definition) is 1. The van der Waals surface area contributed by atoms with Gasteiger partial charge in [0, 0.05) is 15.5 Å². The Labute approximate surface area is 144 Å². The standard InChI is InChI=1S/C22H17NS/c1-2-14-16-9-5-6-10-17(16)19-18-12-11-13-7-3-4-8-15(13)21(18)24-22(19)20(14)23/h3-12H,2,23H2,1H3. The lowest BCUT2D eigenvalue weighted by molar-refractivity contribution is 1.17. The summed E-state index contributed by atoms with van der Waals surface area (Å²) in [5, 5.41) is 7.84. The van der Waals surface area contributed by atoms with E-state index in [0.717, 1.165) is 12.1 Å². The van der Waals surface area contributed by atoms with Crippen LogP contribution in [0, 0.1) is 0 Å². The Kier molecular flexibility index (Phi) is 2.85. The largest absolute Gasteiger partial charge is 0.397 e. The van der Waals surface area contributed by atoms with E-state index >= 15 is 0 Å². The highest BCUT2D eigenvalue weighted by Gasteiger charge is 2.16. The average Bonchev–Trinajstić information content (AvgIpc) is 3.03. The number of thiophene rings is 1. The van der Waals surface area contributed by atoms with Gasteiger partial charge in [-0.15, -0.1) is 11.3 Å². The third kappa shape index (κ3) is 1.69. The van der Waals surface area contributed by atoms with Crippen LogP contribution >= 0.6 is 11.3 Å². The molecule has 2 N–H and O–H groups in total. The van der Waals surface area contributed by atoms with Crippen molar-refractivity contribution in [3.8, 4) is 0 Å². The third-order valence-electron chi connectivity index (χ3n) is 5.02. The van der Waals surface area contributed by atoms with E-state index in [2.05, 4.69) is 67.6 Å². The van der Waals surface area contributed by atoms with Gasteiger partial charge in [-0.3, -0.25) is 0 Å². The summed E-state index contributed by atoms with van der Waals surface area (Å²) < 4.78 is 2.57. The van der Waals surface area contributed by atoms with Crippen molar-refractivity contribution in [2.75, 3.05) is 5.73 Å². The molecule has 2 heteroatoms. The molecule has 0 spiro atoms. The van der Waals surface area contributed by atoms with Gasteiger partial charge in [0.05, 0.1) is 10.4 Å². The number of hydrogen-bond acceptors (Lipinski definition) is 2. The molecule has 1 aromatic heterocycles. The first-order valence-corrected chi connectivity index (χ1v) is 9.14. The van der Waals surface area contributed by atoms with Gasteiger partial charge in [0.25, 0.3) is 0 Å². The number of nitrogens with two attached hydrogens (primary N) is 1. The van der Waals surface area contributed by atoms with Crippen LogP contribution in [0.4, 0.5) is 5.69 Å². The van der Waals surface area contributed by atoms with Crippen LogP contribution in [-0.2, 0) is 6.42 Å². The molecule has 5 rings (SSSR count). The van der Waals surface area contributed by atoms with Crippen molar-refractivity contribution in [1.82, 2.24) is 0 Å². The lowest BCUT2D eigenvalue weighted by Crippen LogP contribution is -1.95. The van der Waals surface area contributed by atoms with E-state index in [1.807, 2.05) is 11.3 Å². The molecule has 0 unspecified atom stereocenters. The van der Waals surface area contributed by atoms with E-state index in [-0.39, 0.29) is 0 Å². The van der Waals surface area contributed by atoms with Crippen LogP contribution in [-0.4, -0.2) is 0 Å². The fourth-order valence-electron chi connectivity index (χ4n) is 3.91. The molecule has 0 atom stereocenters. The molecule has 0 radical (unpaired) electrons. The summed E-state index contributed by atoms with van der Waals surface area (Å²) in [7, 11) is 0. The molecule has 0 bridgehead atoms. The Morgan fingerprint density at radius 2 is 1.46 bits per heavy atom. The molecule has 116 valence electrons. The van der Waals surface area contributed by atoms with Gasteiger partial charge in [-0.1, -0.05) is 67.6 Å². The van der Waals surface area contributed by atoms with Crippen LogP contribution < -0.4 is 5.73 Å². The molecule has 1 heterocycles. The average molecular weight is 327 g/mol. The van der Waals surface area contributed by atoms with Gasteiger partial charge in [0.2, 0.25) is 0 Å². The number of aryl methyl sites for hydroxylation is 1. The van der Waals surface area contributed by atoms with Crippen molar-refractivity contribution in [2.45, 2.75) is 13.3 Å². The zero-order valence-corrected chi connectivity index (χ0v) is 14.3. The number of nitrogen functional groups attached to an aromatic ring is 1. The molecular formula is C22H17NS.